The van der Waals surface area contributed by atoms with Gasteiger partial charge in [0.2, 0.25) is 5.95 Å². The summed E-state index contributed by atoms with van der Waals surface area (Å²) >= 11 is 0. The Balaban J connectivity index is 1.41. The summed E-state index contributed by atoms with van der Waals surface area (Å²) in [4.78, 5) is 17.1. The fourth-order valence-corrected chi connectivity index (χ4v) is 4.98. The van der Waals surface area contributed by atoms with E-state index in [0.29, 0.717) is 43.8 Å². The predicted molar refractivity (Wildman–Crippen MR) is 149 cm³/mol. The molecule has 2 fully saturated rings. The zero-order valence-corrected chi connectivity index (χ0v) is 23.0. The van der Waals surface area contributed by atoms with E-state index in [1.807, 2.05) is 4.90 Å². The minimum Gasteiger partial charge on any atom is -0.504 e. The first kappa shape index (κ1) is 28.7. The molecular weight excluding hydrogens is 539 g/mol. The molecule has 0 radical (unpaired) electrons. The molecule has 220 valence electrons. The monoisotopic (exact) mass is 573 g/mol. The van der Waals surface area contributed by atoms with Crippen molar-refractivity contribution in [2.24, 2.45) is 0 Å². The van der Waals surface area contributed by atoms with Crippen LogP contribution in [0.25, 0.3) is 11.3 Å². The lowest BCUT2D eigenvalue weighted by molar-refractivity contribution is -0.137. The lowest BCUT2D eigenvalue weighted by Gasteiger charge is -2.34. The Bertz CT molecular complexity index is 1360. The van der Waals surface area contributed by atoms with E-state index in [-0.39, 0.29) is 40.7 Å². The first-order chi connectivity index (χ1) is 19.6. The number of morpholine rings is 1. The van der Waals surface area contributed by atoms with Crippen LogP contribution in [0.5, 0.6) is 11.5 Å². The van der Waals surface area contributed by atoms with Crippen molar-refractivity contribution in [1.82, 2.24) is 19.9 Å². The number of nitrogens with zero attached hydrogens (tertiary/aromatic N) is 5. The van der Waals surface area contributed by atoms with Crippen LogP contribution in [-0.4, -0.2) is 76.5 Å². The fraction of sp³-hybridized carbons (Fsp3) is 0.464. The molecule has 0 aliphatic carbocycles. The summed E-state index contributed by atoms with van der Waals surface area (Å²) in [5.74, 6) is 0.570. The highest BCUT2D eigenvalue weighted by atomic mass is 19.4. The molecule has 0 spiro atoms. The smallest absolute Gasteiger partial charge is 0.417 e. The third kappa shape index (κ3) is 6.91. The Labute approximate surface area is 236 Å². The normalized spacial score (nSPS) is 17.2. The summed E-state index contributed by atoms with van der Waals surface area (Å²) in [6.07, 6.45) is -1.86. The number of phenols is 1. The molecule has 13 heteroatoms. The number of aromatic hydroxyl groups is 1. The number of piperidine rings is 1. The third-order valence-corrected chi connectivity index (χ3v) is 7.25. The molecule has 0 atom stereocenters. The van der Waals surface area contributed by atoms with Gasteiger partial charge in [-0.2, -0.15) is 18.2 Å². The van der Waals surface area contributed by atoms with Crippen LogP contribution in [0, 0.1) is 0 Å². The van der Waals surface area contributed by atoms with E-state index in [4.69, 9.17) is 15.2 Å². The number of likely N-dealkylation sites (tertiary alicyclic amines) is 1. The minimum absolute atomic E-state index is 0.00607. The number of anilines is 4. The number of rotatable bonds is 7. The number of alkyl halides is 3. The zero-order valence-electron chi connectivity index (χ0n) is 23.0. The number of phenolic OH excluding ortho intramolecular Hbond substituents is 1. The number of halogens is 3. The van der Waals surface area contributed by atoms with E-state index >= 15 is 0 Å². The lowest BCUT2D eigenvalue weighted by Crippen LogP contribution is -2.41. The Kier molecular flexibility index (Phi) is 8.36. The molecule has 2 aliphatic rings. The largest absolute Gasteiger partial charge is 0.504 e. The van der Waals surface area contributed by atoms with Crippen LogP contribution >= 0.6 is 0 Å². The van der Waals surface area contributed by atoms with Gasteiger partial charge in [-0.15, -0.1) is 0 Å². The second-order valence-corrected chi connectivity index (χ2v) is 10.4. The zero-order chi connectivity index (χ0) is 29.1. The van der Waals surface area contributed by atoms with E-state index < -0.39 is 11.7 Å². The summed E-state index contributed by atoms with van der Waals surface area (Å²) in [6, 6.07) is 7.58. The Morgan fingerprint density at radius 2 is 1.80 bits per heavy atom. The standard InChI is InChI=1S/C28H34F3N7O3/c1-17(2)37-7-5-19(6-8-37)41-24-4-3-18(13-23(24)39)34-26-15-22(35-27(36-26)38-9-11-40-12-10-38)20-16-33-25(32)14-21(20)28(29,30)31/h3-4,13-17,19,39H,5-12H2,1-2H3,(H2,32,33)(H,34,35,36). The molecule has 0 amide bonds. The van der Waals surface area contributed by atoms with Gasteiger partial charge in [0.05, 0.1) is 24.5 Å². The lowest BCUT2D eigenvalue weighted by atomic mass is 10.1. The second kappa shape index (κ2) is 12.0. The van der Waals surface area contributed by atoms with Gasteiger partial charge in [-0.25, -0.2) is 9.97 Å². The van der Waals surface area contributed by atoms with E-state index in [1.165, 1.54) is 12.1 Å². The van der Waals surface area contributed by atoms with Gasteiger partial charge in [0, 0.05) is 61.8 Å². The van der Waals surface area contributed by atoms with Crippen molar-refractivity contribution in [1.29, 1.82) is 0 Å². The molecule has 2 aromatic heterocycles. The van der Waals surface area contributed by atoms with E-state index in [0.717, 1.165) is 38.2 Å². The number of nitrogens with one attached hydrogen (secondary N) is 1. The van der Waals surface area contributed by atoms with Crippen molar-refractivity contribution in [2.45, 2.75) is 45.0 Å². The summed E-state index contributed by atoms with van der Waals surface area (Å²) in [6.45, 7) is 8.07. The van der Waals surface area contributed by atoms with Crippen LogP contribution in [-0.2, 0) is 10.9 Å². The van der Waals surface area contributed by atoms with Gasteiger partial charge in [-0.1, -0.05) is 0 Å². The van der Waals surface area contributed by atoms with Gasteiger partial charge in [-0.3, -0.25) is 0 Å². The van der Waals surface area contributed by atoms with Crippen molar-refractivity contribution in [3.63, 3.8) is 0 Å². The fourth-order valence-electron chi connectivity index (χ4n) is 4.98. The number of benzene rings is 1. The first-order valence-electron chi connectivity index (χ1n) is 13.6. The quantitative estimate of drug-likeness (QED) is 0.367. The number of pyridine rings is 1. The van der Waals surface area contributed by atoms with Gasteiger partial charge in [0.25, 0.3) is 0 Å². The Hall–Kier alpha value is -3.84. The highest BCUT2D eigenvalue weighted by Gasteiger charge is 2.35. The number of aromatic nitrogens is 3. The summed E-state index contributed by atoms with van der Waals surface area (Å²) < 4.78 is 53.2. The molecule has 4 heterocycles. The predicted octanol–water partition coefficient (Wildman–Crippen LogP) is 4.68. The second-order valence-electron chi connectivity index (χ2n) is 10.4. The van der Waals surface area contributed by atoms with Crippen molar-refractivity contribution in [2.75, 3.05) is 55.3 Å². The number of ether oxygens (including phenoxy) is 2. The van der Waals surface area contributed by atoms with Crippen LogP contribution in [0.15, 0.2) is 36.5 Å². The molecule has 2 saturated heterocycles. The third-order valence-electron chi connectivity index (χ3n) is 7.25. The van der Waals surface area contributed by atoms with Crippen LogP contribution < -0.4 is 20.7 Å². The maximum Gasteiger partial charge on any atom is 0.417 e. The summed E-state index contributed by atoms with van der Waals surface area (Å²) in [5.41, 5.74) is 4.91. The topological polar surface area (TPSA) is 122 Å². The molecule has 5 rings (SSSR count). The number of nitrogen functional groups attached to an aromatic ring is 1. The minimum atomic E-state index is -4.67. The molecule has 4 N–H and O–H groups in total. The molecule has 3 aromatic rings. The van der Waals surface area contributed by atoms with Crippen LogP contribution in [0.2, 0.25) is 0 Å². The molecule has 2 aliphatic heterocycles. The van der Waals surface area contributed by atoms with Crippen molar-refractivity contribution < 1.29 is 27.8 Å². The average molecular weight is 574 g/mol. The highest BCUT2D eigenvalue weighted by Crippen LogP contribution is 2.38. The summed E-state index contributed by atoms with van der Waals surface area (Å²) in [7, 11) is 0. The van der Waals surface area contributed by atoms with Crippen molar-refractivity contribution in [3.05, 3.63) is 42.1 Å². The van der Waals surface area contributed by atoms with E-state index in [1.54, 1.807) is 12.1 Å². The van der Waals surface area contributed by atoms with Crippen LogP contribution in [0.3, 0.4) is 0 Å². The van der Waals surface area contributed by atoms with Crippen molar-refractivity contribution in [3.8, 4) is 22.8 Å². The SMILES string of the molecule is CC(C)N1CCC(Oc2ccc(Nc3cc(-c4cnc(N)cc4C(F)(F)F)nc(N4CCOCC4)n3)cc2O)CC1. The first-order valence-corrected chi connectivity index (χ1v) is 13.6. The van der Waals surface area contributed by atoms with Gasteiger partial charge in [-0.05, 0) is 44.9 Å². The molecule has 0 bridgehead atoms. The van der Waals surface area contributed by atoms with E-state index in [2.05, 4.69) is 39.0 Å². The van der Waals surface area contributed by atoms with Gasteiger partial charge in [0.15, 0.2) is 11.5 Å². The molecular formula is C28H34F3N7O3. The number of hydrogen-bond acceptors (Lipinski definition) is 10. The van der Waals surface area contributed by atoms with Gasteiger partial charge >= 0.3 is 6.18 Å². The van der Waals surface area contributed by atoms with Crippen LogP contribution in [0.1, 0.15) is 32.3 Å². The number of nitrogens with two attached hydrogens (primary N) is 1. The summed E-state index contributed by atoms with van der Waals surface area (Å²) in [5, 5.41) is 13.8. The Morgan fingerprint density at radius 3 is 2.46 bits per heavy atom. The maximum absolute atomic E-state index is 13.9. The van der Waals surface area contributed by atoms with E-state index in [9.17, 15) is 18.3 Å². The number of hydrogen-bond donors (Lipinski definition) is 3. The van der Waals surface area contributed by atoms with Gasteiger partial charge in [0.1, 0.15) is 17.7 Å². The molecule has 0 saturated carbocycles. The highest BCUT2D eigenvalue weighted by molar-refractivity contribution is 5.71. The molecule has 10 nitrogen and oxygen atoms in total. The molecule has 0 unspecified atom stereocenters. The Morgan fingerprint density at radius 1 is 1.07 bits per heavy atom. The molecule has 41 heavy (non-hydrogen) atoms. The maximum atomic E-state index is 13.9. The average Bonchev–Trinajstić information content (AvgIpc) is 2.94. The van der Waals surface area contributed by atoms with Crippen LogP contribution in [0.4, 0.5) is 36.4 Å². The van der Waals surface area contributed by atoms with Crippen molar-refractivity contribution >= 4 is 23.3 Å². The molecule has 1 aromatic carbocycles. The van der Waals surface area contributed by atoms with Gasteiger partial charge < -0.3 is 35.4 Å².